The number of aliphatic imine (C=N–C) groups is 1. The Morgan fingerprint density at radius 2 is 2.00 bits per heavy atom. The van der Waals surface area contributed by atoms with E-state index in [0.29, 0.717) is 27.1 Å². The maximum Gasteiger partial charge on any atom is 0.264 e. The van der Waals surface area contributed by atoms with Crippen LogP contribution in [-0.4, -0.2) is 22.7 Å². The summed E-state index contributed by atoms with van der Waals surface area (Å²) >= 11 is 7.59. The van der Waals surface area contributed by atoms with Crippen molar-refractivity contribution in [2.45, 2.75) is 72.4 Å². The lowest BCUT2D eigenvalue weighted by atomic mass is 9.78. The van der Waals surface area contributed by atoms with E-state index in [9.17, 15) is 4.79 Å². The van der Waals surface area contributed by atoms with Crippen molar-refractivity contribution in [3.05, 3.63) is 62.5 Å². The largest absolute Gasteiger partial charge is 0.364 e. The first-order valence-corrected chi connectivity index (χ1v) is 12.7. The Balaban J connectivity index is 1.69. The molecule has 6 heteroatoms. The number of amides is 1. The van der Waals surface area contributed by atoms with Crippen molar-refractivity contribution in [2.24, 2.45) is 4.99 Å². The number of aryl methyl sites for hydroxylation is 1. The fraction of sp³-hybridized carbons (Fsp3) is 0.407. The third-order valence-corrected chi connectivity index (χ3v) is 7.90. The van der Waals surface area contributed by atoms with Crippen LogP contribution in [-0.2, 0) is 4.79 Å². The zero-order chi connectivity index (χ0) is 24.1. The molecule has 174 valence electrons. The van der Waals surface area contributed by atoms with E-state index < -0.39 is 0 Å². The first-order valence-electron chi connectivity index (χ1n) is 11.5. The first-order chi connectivity index (χ1) is 15.5. The van der Waals surface area contributed by atoms with E-state index in [1.54, 1.807) is 0 Å². The van der Waals surface area contributed by atoms with Gasteiger partial charge >= 0.3 is 0 Å². The van der Waals surface area contributed by atoms with Crippen LogP contribution in [0.15, 0.2) is 40.2 Å². The number of amidine groups is 1. The number of benzene rings is 2. The zero-order valence-electron chi connectivity index (χ0n) is 20.4. The number of carbonyl (C=O) groups is 1. The predicted molar refractivity (Wildman–Crippen MR) is 143 cm³/mol. The van der Waals surface area contributed by atoms with Crippen molar-refractivity contribution in [3.63, 3.8) is 0 Å². The maximum absolute atomic E-state index is 12.7. The third-order valence-electron chi connectivity index (χ3n) is 6.58. The number of halogens is 1. The van der Waals surface area contributed by atoms with Gasteiger partial charge in [0.25, 0.3) is 5.91 Å². The summed E-state index contributed by atoms with van der Waals surface area (Å²) < 4.78 is 0. The van der Waals surface area contributed by atoms with E-state index >= 15 is 0 Å². The Morgan fingerprint density at radius 3 is 2.70 bits per heavy atom. The van der Waals surface area contributed by atoms with Crippen molar-refractivity contribution in [3.8, 4) is 0 Å². The quantitative estimate of drug-likeness (QED) is 0.466. The van der Waals surface area contributed by atoms with E-state index in [0.717, 1.165) is 23.2 Å². The SMILES string of the molecule is Cc1cc2c(cc1/C=C1\SC(=Nc3cccc(Cl)c3C)NC1=O)[C@@H](C)CC(C)(C)N2C(C)C. The number of hydrogen-bond donors (Lipinski definition) is 1. The van der Waals surface area contributed by atoms with Gasteiger partial charge in [0.1, 0.15) is 0 Å². The first kappa shape index (κ1) is 23.9. The molecule has 0 aromatic heterocycles. The summed E-state index contributed by atoms with van der Waals surface area (Å²) in [5.74, 6) is 0.337. The number of anilines is 1. The van der Waals surface area contributed by atoms with Gasteiger partial charge in [0.2, 0.25) is 0 Å². The molecule has 0 saturated carbocycles. The topological polar surface area (TPSA) is 44.7 Å². The van der Waals surface area contributed by atoms with E-state index in [1.165, 1.54) is 28.6 Å². The highest BCUT2D eigenvalue weighted by Gasteiger charge is 2.38. The van der Waals surface area contributed by atoms with Crippen LogP contribution in [0.4, 0.5) is 11.4 Å². The molecule has 1 saturated heterocycles. The molecule has 4 nitrogen and oxygen atoms in total. The minimum Gasteiger partial charge on any atom is -0.364 e. The molecular formula is C27H32ClN3OS. The van der Waals surface area contributed by atoms with Crippen LogP contribution in [0.1, 0.15) is 69.2 Å². The molecule has 0 radical (unpaired) electrons. The van der Waals surface area contributed by atoms with Gasteiger partial charge in [-0.05, 0) is 118 Å². The van der Waals surface area contributed by atoms with Crippen LogP contribution < -0.4 is 10.2 Å². The number of nitrogens with zero attached hydrogens (tertiary/aromatic N) is 2. The lowest BCUT2D eigenvalue weighted by Gasteiger charge is -2.50. The molecule has 2 aromatic carbocycles. The van der Waals surface area contributed by atoms with Gasteiger partial charge in [0, 0.05) is 22.3 Å². The zero-order valence-corrected chi connectivity index (χ0v) is 22.0. The second kappa shape index (κ2) is 8.84. The van der Waals surface area contributed by atoms with Crippen molar-refractivity contribution in [2.75, 3.05) is 4.90 Å². The van der Waals surface area contributed by atoms with Gasteiger partial charge < -0.3 is 10.2 Å². The number of thioether (sulfide) groups is 1. The molecule has 2 aromatic rings. The summed E-state index contributed by atoms with van der Waals surface area (Å²) in [6, 6.07) is 10.6. The van der Waals surface area contributed by atoms with Gasteiger partial charge in [-0.1, -0.05) is 24.6 Å². The average molecular weight is 482 g/mol. The molecule has 2 heterocycles. The average Bonchev–Trinajstić information content (AvgIpc) is 3.04. The summed E-state index contributed by atoms with van der Waals surface area (Å²) in [6.45, 7) is 15.5. The number of rotatable bonds is 3. The number of fused-ring (bicyclic) bond motifs is 1. The molecule has 0 spiro atoms. The predicted octanol–water partition coefficient (Wildman–Crippen LogP) is 7.35. The van der Waals surface area contributed by atoms with Crippen molar-refractivity contribution < 1.29 is 4.79 Å². The minimum atomic E-state index is -0.117. The molecule has 2 aliphatic rings. The number of hydrogen-bond acceptors (Lipinski definition) is 4. The van der Waals surface area contributed by atoms with Crippen LogP contribution in [0.2, 0.25) is 5.02 Å². The van der Waals surface area contributed by atoms with Crippen molar-refractivity contribution in [1.82, 2.24) is 5.32 Å². The normalized spacial score (nSPS) is 22.3. The second-order valence-electron chi connectivity index (χ2n) is 10.0. The molecule has 0 unspecified atom stereocenters. The summed E-state index contributed by atoms with van der Waals surface area (Å²) in [7, 11) is 0. The molecule has 1 fully saturated rings. The third kappa shape index (κ3) is 4.58. The summed E-state index contributed by atoms with van der Waals surface area (Å²) in [5.41, 5.74) is 6.70. The van der Waals surface area contributed by atoms with Crippen molar-refractivity contribution in [1.29, 1.82) is 0 Å². The molecule has 0 aliphatic carbocycles. The van der Waals surface area contributed by atoms with Crippen LogP contribution in [0, 0.1) is 13.8 Å². The van der Waals surface area contributed by atoms with E-state index in [-0.39, 0.29) is 11.4 Å². The summed E-state index contributed by atoms with van der Waals surface area (Å²) in [6.07, 6.45) is 3.09. The standard InChI is InChI=1S/C27H32ClN3OS/c1-15(2)31-23-11-16(3)19(12-20(23)17(4)14-27(31,6)7)13-24-25(32)30-26(33-24)29-22-10-8-9-21(28)18(22)5/h8-13,15,17H,14H2,1-7H3,(H,29,30,32)/b24-13-/t17-/m0/s1. The maximum atomic E-state index is 12.7. The van der Waals surface area contributed by atoms with Crippen LogP contribution in [0.25, 0.3) is 6.08 Å². The summed E-state index contributed by atoms with van der Waals surface area (Å²) in [5, 5.41) is 4.14. The monoisotopic (exact) mass is 481 g/mol. The van der Waals surface area contributed by atoms with Gasteiger partial charge in [0.15, 0.2) is 5.17 Å². The van der Waals surface area contributed by atoms with Crippen LogP contribution in [0.3, 0.4) is 0 Å². The lowest BCUT2D eigenvalue weighted by molar-refractivity contribution is -0.115. The Bertz CT molecular complexity index is 1180. The Hall–Kier alpha value is -2.24. The fourth-order valence-corrected chi connectivity index (χ4v) is 6.19. The molecular weight excluding hydrogens is 450 g/mol. The van der Waals surface area contributed by atoms with Gasteiger partial charge in [-0.2, -0.15) is 0 Å². The van der Waals surface area contributed by atoms with E-state index in [2.05, 4.69) is 68.9 Å². The van der Waals surface area contributed by atoms with Gasteiger partial charge in [-0.15, -0.1) is 0 Å². The smallest absolute Gasteiger partial charge is 0.264 e. The lowest BCUT2D eigenvalue weighted by Crippen LogP contribution is -2.51. The Morgan fingerprint density at radius 1 is 1.27 bits per heavy atom. The molecule has 1 amide bonds. The molecule has 1 atom stereocenters. The fourth-order valence-electron chi connectivity index (χ4n) is 5.20. The molecule has 4 rings (SSSR count). The van der Waals surface area contributed by atoms with Crippen LogP contribution >= 0.6 is 23.4 Å². The second-order valence-corrected chi connectivity index (χ2v) is 11.5. The van der Waals surface area contributed by atoms with Crippen LogP contribution in [0.5, 0.6) is 0 Å². The highest BCUT2D eigenvalue weighted by molar-refractivity contribution is 8.18. The number of carbonyl (C=O) groups excluding carboxylic acids is 1. The molecule has 0 bridgehead atoms. The molecule has 2 aliphatic heterocycles. The minimum absolute atomic E-state index is 0.109. The van der Waals surface area contributed by atoms with E-state index in [1.807, 2.05) is 31.2 Å². The van der Waals surface area contributed by atoms with Gasteiger partial charge in [0.05, 0.1) is 10.6 Å². The molecule has 33 heavy (non-hydrogen) atoms. The Kier molecular flexibility index (Phi) is 6.41. The van der Waals surface area contributed by atoms with Crippen molar-refractivity contribution >= 4 is 51.9 Å². The number of nitrogens with one attached hydrogen (secondary N) is 1. The highest BCUT2D eigenvalue weighted by Crippen LogP contribution is 2.46. The van der Waals surface area contributed by atoms with Gasteiger partial charge in [-0.3, -0.25) is 4.79 Å². The Labute approximate surface area is 206 Å². The summed E-state index contributed by atoms with van der Waals surface area (Å²) in [4.78, 5) is 20.5. The molecule has 1 N–H and O–H groups in total. The highest BCUT2D eigenvalue weighted by atomic mass is 35.5. The van der Waals surface area contributed by atoms with Gasteiger partial charge in [-0.25, -0.2) is 4.99 Å². The van der Waals surface area contributed by atoms with E-state index in [4.69, 9.17) is 11.6 Å².